The normalized spacial score (nSPS) is 10.5. The van der Waals surface area contributed by atoms with E-state index in [1.165, 1.54) is 24.9 Å². The Morgan fingerprint density at radius 2 is 2.05 bits per heavy atom. The molecule has 5 nitrogen and oxygen atoms in total. The first kappa shape index (κ1) is 13.1. The molecule has 0 saturated carbocycles. The van der Waals surface area contributed by atoms with Gasteiger partial charge in [0.25, 0.3) is 5.56 Å². The van der Waals surface area contributed by atoms with E-state index >= 15 is 0 Å². The van der Waals surface area contributed by atoms with E-state index in [9.17, 15) is 9.59 Å². The third kappa shape index (κ3) is 2.31. The lowest BCUT2D eigenvalue weighted by molar-refractivity contribution is -0.141. The van der Waals surface area contributed by atoms with Gasteiger partial charge in [-0.15, -0.1) is 0 Å². The number of carbonyl (C=O) groups excluding carboxylic acids is 1. The smallest absolute Gasteiger partial charge is 0.325 e. The van der Waals surface area contributed by atoms with Gasteiger partial charge in [-0.25, -0.2) is 0 Å². The average Bonchev–Trinajstić information content (AvgIpc) is 2.42. The van der Waals surface area contributed by atoms with Crippen LogP contribution in [0, 0.1) is 6.92 Å². The Hall–Kier alpha value is -2.30. The van der Waals surface area contributed by atoms with Gasteiger partial charge >= 0.3 is 5.97 Å². The molecule has 0 N–H and O–H groups in total. The Morgan fingerprint density at radius 3 is 2.68 bits per heavy atom. The largest absolute Gasteiger partial charge is 0.495 e. The van der Waals surface area contributed by atoms with E-state index in [4.69, 9.17) is 4.74 Å². The van der Waals surface area contributed by atoms with Crippen LogP contribution in [0.15, 0.2) is 29.1 Å². The van der Waals surface area contributed by atoms with E-state index < -0.39 is 5.97 Å². The molecule has 1 aromatic heterocycles. The molecule has 2 rings (SSSR count). The van der Waals surface area contributed by atoms with Gasteiger partial charge in [0.2, 0.25) is 0 Å². The highest BCUT2D eigenvalue weighted by Crippen LogP contribution is 2.26. The second-order valence-corrected chi connectivity index (χ2v) is 4.18. The van der Waals surface area contributed by atoms with Crippen LogP contribution in [0.25, 0.3) is 10.9 Å². The molecule has 5 heteroatoms. The standard InChI is InChI=1S/C14H15NO4/c1-9-7-12(16)15(8-13(17)19-3)14-10(9)5-4-6-11(14)18-2/h4-7H,8H2,1-3H3. The zero-order valence-corrected chi connectivity index (χ0v) is 11.1. The molecule has 0 atom stereocenters. The Morgan fingerprint density at radius 1 is 1.32 bits per heavy atom. The van der Waals surface area contributed by atoms with Crippen molar-refractivity contribution in [3.8, 4) is 5.75 Å². The summed E-state index contributed by atoms with van der Waals surface area (Å²) in [5.74, 6) is 0.0837. The first-order valence-electron chi connectivity index (χ1n) is 5.82. The molecule has 0 radical (unpaired) electrons. The van der Waals surface area contributed by atoms with Crippen molar-refractivity contribution in [1.82, 2.24) is 4.57 Å². The number of aromatic nitrogens is 1. The molecule has 0 unspecified atom stereocenters. The monoisotopic (exact) mass is 261 g/mol. The number of hydrogen-bond donors (Lipinski definition) is 0. The van der Waals surface area contributed by atoms with Crippen LogP contribution in [0.5, 0.6) is 5.75 Å². The highest BCUT2D eigenvalue weighted by atomic mass is 16.5. The van der Waals surface area contributed by atoms with E-state index in [0.717, 1.165) is 10.9 Å². The Labute approximate surface area is 110 Å². The number of methoxy groups -OCH3 is 2. The van der Waals surface area contributed by atoms with E-state index in [2.05, 4.69) is 4.74 Å². The lowest BCUT2D eigenvalue weighted by Gasteiger charge is -2.13. The number of para-hydroxylation sites is 1. The molecule has 0 aliphatic carbocycles. The van der Waals surface area contributed by atoms with Crippen molar-refractivity contribution in [3.05, 3.63) is 40.2 Å². The summed E-state index contributed by atoms with van der Waals surface area (Å²) in [6.07, 6.45) is 0. The summed E-state index contributed by atoms with van der Waals surface area (Å²) < 4.78 is 11.3. The van der Waals surface area contributed by atoms with Crippen LogP contribution in [0.4, 0.5) is 0 Å². The van der Waals surface area contributed by atoms with Crippen molar-refractivity contribution in [2.24, 2.45) is 0 Å². The lowest BCUT2D eigenvalue weighted by atomic mass is 10.1. The first-order valence-corrected chi connectivity index (χ1v) is 5.82. The van der Waals surface area contributed by atoms with Crippen LogP contribution in [-0.4, -0.2) is 24.8 Å². The predicted octanol–water partition coefficient (Wildman–Crippen LogP) is 1.49. The van der Waals surface area contributed by atoms with E-state index in [0.29, 0.717) is 11.3 Å². The van der Waals surface area contributed by atoms with Gasteiger partial charge in [-0.3, -0.25) is 14.2 Å². The van der Waals surface area contributed by atoms with Crippen molar-refractivity contribution >= 4 is 16.9 Å². The number of esters is 1. The van der Waals surface area contributed by atoms with E-state index in [-0.39, 0.29) is 12.1 Å². The topological polar surface area (TPSA) is 57.5 Å². The molecule has 0 bridgehead atoms. The molecular formula is C14H15NO4. The van der Waals surface area contributed by atoms with Crippen molar-refractivity contribution in [1.29, 1.82) is 0 Å². The number of ether oxygens (including phenoxy) is 2. The quantitative estimate of drug-likeness (QED) is 0.785. The highest BCUT2D eigenvalue weighted by Gasteiger charge is 2.13. The van der Waals surface area contributed by atoms with Crippen molar-refractivity contribution in [2.75, 3.05) is 14.2 Å². The van der Waals surface area contributed by atoms with Crippen LogP contribution < -0.4 is 10.3 Å². The fourth-order valence-electron chi connectivity index (χ4n) is 2.09. The number of fused-ring (bicyclic) bond motifs is 1. The Kier molecular flexibility index (Phi) is 3.55. The maximum atomic E-state index is 12.1. The van der Waals surface area contributed by atoms with E-state index in [1.807, 2.05) is 19.1 Å². The third-order valence-electron chi connectivity index (χ3n) is 3.03. The van der Waals surface area contributed by atoms with Crippen LogP contribution in [0.2, 0.25) is 0 Å². The molecule has 100 valence electrons. The fourth-order valence-corrected chi connectivity index (χ4v) is 2.09. The SMILES string of the molecule is COC(=O)Cn1c(=O)cc(C)c2cccc(OC)c21. The van der Waals surface area contributed by atoms with Gasteiger partial charge in [0.05, 0.1) is 19.7 Å². The van der Waals surface area contributed by atoms with Crippen LogP contribution in [0.3, 0.4) is 0 Å². The minimum atomic E-state index is -0.474. The number of aryl methyl sites for hydroxylation is 1. The molecule has 0 spiro atoms. The molecule has 0 saturated heterocycles. The van der Waals surface area contributed by atoms with Crippen LogP contribution in [-0.2, 0) is 16.1 Å². The van der Waals surface area contributed by atoms with Gasteiger partial charge < -0.3 is 9.47 Å². The second-order valence-electron chi connectivity index (χ2n) is 4.18. The van der Waals surface area contributed by atoms with Crippen LogP contribution >= 0.6 is 0 Å². The molecule has 1 heterocycles. The molecule has 1 aromatic carbocycles. The molecule has 19 heavy (non-hydrogen) atoms. The molecule has 0 aliphatic heterocycles. The summed E-state index contributed by atoms with van der Waals surface area (Å²) in [5, 5.41) is 0.878. The fraction of sp³-hybridized carbons (Fsp3) is 0.286. The summed E-state index contributed by atoms with van der Waals surface area (Å²) in [5.41, 5.74) is 1.21. The third-order valence-corrected chi connectivity index (χ3v) is 3.03. The highest BCUT2D eigenvalue weighted by molar-refractivity contribution is 5.88. The number of rotatable bonds is 3. The lowest BCUT2D eigenvalue weighted by Crippen LogP contribution is -2.25. The van der Waals surface area contributed by atoms with E-state index in [1.54, 1.807) is 6.07 Å². The number of carbonyl (C=O) groups is 1. The Bertz CT molecular complexity index is 688. The molecule has 0 amide bonds. The van der Waals surface area contributed by atoms with Crippen LogP contribution in [0.1, 0.15) is 5.56 Å². The van der Waals surface area contributed by atoms with Gasteiger partial charge in [0.1, 0.15) is 12.3 Å². The molecular weight excluding hydrogens is 246 g/mol. The van der Waals surface area contributed by atoms with Gasteiger partial charge in [-0.05, 0) is 18.6 Å². The van der Waals surface area contributed by atoms with Crippen molar-refractivity contribution in [2.45, 2.75) is 13.5 Å². The zero-order chi connectivity index (χ0) is 14.0. The summed E-state index contributed by atoms with van der Waals surface area (Å²) in [7, 11) is 2.82. The molecule has 0 aliphatic rings. The van der Waals surface area contributed by atoms with Crippen molar-refractivity contribution < 1.29 is 14.3 Å². The number of benzene rings is 1. The minimum absolute atomic E-state index is 0.132. The summed E-state index contributed by atoms with van der Waals surface area (Å²) in [6, 6.07) is 7.00. The Balaban J connectivity index is 2.80. The van der Waals surface area contributed by atoms with Gasteiger partial charge in [0.15, 0.2) is 0 Å². The maximum Gasteiger partial charge on any atom is 0.325 e. The summed E-state index contributed by atoms with van der Waals surface area (Å²) in [6.45, 7) is 1.72. The predicted molar refractivity (Wildman–Crippen MR) is 71.5 cm³/mol. The van der Waals surface area contributed by atoms with Gasteiger partial charge in [-0.2, -0.15) is 0 Å². The molecule has 0 fully saturated rings. The number of pyridine rings is 1. The summed E-state index contributed by atoms with van der Waals surface area (Å²) in [4.78, 5) is 23.5. The molecule has 2 aromatic rings. The number of hydrogen-bond acceptors (Lipinski definition) is 4. The first-order chi connectivity index (χ1) is 9.08. The summed E-state index contributed by atoms with van der Waals surface area (Å²) >= 11 is 0. The maximum absolute atomic E-state index is 12.1. The minimum Gasteiger partial charge on any atom is -0.495 e. The van der Waals surface area contributed by atoms with Crippen molar-refractivity contribution in [3.63, 3.8) is 0 Å². The average molecular weight is 261 g/mol. The second kappa shape index (κ2) is 5.14. The van der Waals surface area contributed by atoms with Gasteiger partial charge in [-0.1, -0.05) is 12.1 Å². The zero-order valence-electron chi connectivity index (χ0n) is 11.1. The van der Waals surface area contributed by atoms with Gasteiger partial charge in [0, 0.05) is 11.5 Å². The number of nitrogens with zero attached hydrogens (tertiary/aromatic N) is 1.